The van der Waals surface area contributed by atoms with Crippen molar-refractivity contribution in [3.8, 4) is 28.0 Å². The molecule has 2 unspecified atom stereocenters. The smallest absolute Gasteiger partial charge is 0.201 e. The Morgan fingerprint density at radius 1 is 0.569 bits per heavy atom. The first-order valence-electron chi connectivity index (χ1n) is 25.9. The number of carbonyl (C=O) groups excluding carboxylic acids is 1. The number of hydrogen-bond donors (Lipinski definition) is 4. The van der Waals surface area contributed by atoms with Crippen molar-refractivity contribution >= 4 is 55.5 Å². The van der Waals surface area contributed by atoms with E-state index in [1.807, 2.05) is 24.3 Å². The van der Waals surface area contributed by atoms with E-state index in [0.717, 1.165) is 141 Å². The molecule has 72 heavy (non-hydrogen) atoms. The molecule has 0 amide bonds. The second-order valence-electron chi connectivity index (χ2n) is 19.8. The SMILES string of the molecule is CCN(CC)CCCc1ccc2c(c1)C1(N=c3/c(=C4/C(=O)C(c5ccc6cccc7c6c5NC5(N7)c6ccccc6-c6ccc(OCCN(CC)CC)cc65)=C4O)ccc4cccc(c34)N1)c1ccccc1-2. The van der Waals surface area contributed by atoms with Gasteiger partial charge in [-0.05, 0) is 108 Å². The Hall–Kier alpha value is -7.72. The van der Waals surface area contributed by atoms with E-state index < -0.39 is 11.3 Å². The molecular formula is C63H58N6O3. The van der Waals surface area contributed by atoms with Gasteiger partial charge in [-0.25, -0.2) is 4.99 Å². The van der Waals surface area contributed by atoms with Crippen LogP contribution in [-0.2, 0) is 22.5 Å². The molecule has 9 heteroatoms. The van der Waals surface area contributed by atoms with Gasteiger partial charge in [0.25, 0.3) is 0 Å². The van der Waals surface area contributed by atoms with Crippen LogP contribution in [0, 0.1) is 0 Å². The molecule has 8 aromatic carbocycles. The van der Waals surface area contributed by atoms with E-state index in [0.29, 0.717) is 22.7 Å². The standard InChI is InChI=1S/C63H58N6O3/c1-5-68(6-2)33-15-16-38-25-29-44-42-19-9-11-21-48(42)62(50(44)36-38)64-52-23-13-17-39-26-30-46(58(66-62)54(39)52)56-60(70)57(61(56)71)47-31-27-40-18-14-24-53-55(40)59(47)67-63(65-53)49-22-12-10-20-43(49)45-32-28-41(37-51(45)63)72-35-34-69(7-3)8-4/h9-14,17-32,36-37,64-65,67,70H,5-8,15-16,33-35H2,1-4H3/b56-46+. The van der Waals surface area contributed by atoms with Gasteiger partial charge in [0.2, 0.25) is 5.78 Å². The van der Waals surface area contributed by atoms with Gasteiger partial charge in [-0.1, -0.05) is 149 Å². The third kappa shape index (κ3) is 6.46. The molecule has 8 aromatic rings. The number of hydrogen-bond acceptors (Lipinski definition) is 9. The Kier molecular flexibility index (Phi) is 10.4. The van der Waals surface area contributed by atoms with Gasteiger partial charge >= 0.3 is 0 Å². The first kappa shape index (κ1) is 44.2. The van der Waals surface area contributed by atoms with Crippen molar-refractivity contribution in [2.24, 2.45) is 4.99 Å². The van der Waals surface area contributed by atoms with E-state index in [-0.39, 0.29) is 22.7 Å². The molecule has 3 aliphatic carbocycles. The number of anilines is 3. The van der Waals surface area contributed by atoms with Gasteiger partial charge in [0.05, 0.1) is 22.2 Å². The predicted octanol–water partition coefficient (Wildman–Crippen LogP) is 11.3. The fraction of sp³-hybridized carbons (Fsp3) is 0.238. The number of allylic oxidation sites excluding steroid dienone is 2. The summed E-state index contributed by atoms with van der Waals surface area (Å²) in [5.41, 5.74) is 12.1. The molecule has 0 saturated carbocycles. The topological polar surface area (TPSA) is 101 Å². The molecule has 4 N–H and O–H groups in total. The summed E-state index contributed by atoms with van der Waals surface area (Å²) in [4.78, 5) is 25.9. The van der Waals surface area contributed by atoms with Crippen molar-refractivity contribution in [3.63, 3.8) is 0 Å². The molecule has 2 aliphatic heterocycles. The monoisotopic (exact) mass is 946 g/mol. The van der Waals surface area contributed by atoms with E-state index in [9.17, 15) is 5.11 Å². The minimum absolute atomic E-state index is 0.0304. The maximum atomic E-state index is 15.3. The maximum absolute atomic E-state index is 15.3. The first-order valence-corrected chi connectivity index (χ1v) is 25.9. The van der Waals surface area contributed by atoms with E-state index in [1.54, 1.807) is 0 Å². The summed E-state index contributed by atoms with van der Waals surface area (Å²) in [5, 5.41) is 29.8. The second-order valence-corrected chi connectivity index (χ2v) is 19.8. The summed E-state index contributed by atoms with van der Waals surface area (Å²) in [6, 6.07) is 50.9. The first-order chi connectivity index (χ1) is 35.3. The number of rotatable bonds is 13. The molecule has 13 rings (SSSR count). The Labute approximate surface area is 420 Å². The molecule has 0 radical (unpaired) electrons. The molecule has 2 atom stereocenters. The lowest BCUT2D eigenvalue weighted by molar-refractivity contribution is -0.109. The lowest BCUT2D eigenvalue weighted by Gasteiger charge is -2.41. The number of benzene rings is 8. The number of nitrogens with one attached hydrogen (secondary N) is 3. The van der Waals surface area contributed by atoms with Crippen molar-refractivity contribution in [1.82, 2.24) is 9.80 Å². The molecule has 9 nitrogen and oxygen atoms in total. The predicted molar refractivity (Wildman–Crippen MR) is 292 cm³/mol. The van der Waals surface area contributed by atoms with Crippen LogP contribution in [0.1, 0.15) is 67.5 Å². The summed E-state index contributed by atoms with van der Waals surface area (Å²) in [6.07, 6.45) is 2.02. The molecule has 0 bridgehead atoms. The van der Waals surface area contributed by atoms with Gasteiger partial charge in [0, 0.05) is 61.7 Å². The van der Waals surface area contributed by atoms with Crippen LogP contribution in [0.4, 0.5) is 17.1 Å². The molecule has 0 fully saturated rings. The Morgan fingerprint density at radius 3 is 1.97 bits per heavy atom. The quantitative estimate of drug-likeness (QED) is 0.0907. The van der Waals surface area contributed by atoms with Gasteiger partial charge < -0.3 is 35.6 Å². The number of aryl methyl sites for hydroxylation is 1. The highest BCUT2D eigenvalue weighted by Gasteiger charge is 2.49. The highest BCUT2D eigenvalue weighted by molar-refractivity contribution is 6.52. The lowest BCUT2D eigenvalue weighted by atomic mass is 9.79. The number of Topliss-reactive ketones (excluding diaryl/α,β-unsaturated/α-hetero) is 1. The summed E-state index contributed by atoms with van der Waals surface area (Å²) in [6.45, 7) is 15.3. The highest BCUT2D eigenvalue weighted by Crippen LogP contribution is 2.56. The van der Waals surface area contributed by atoms with Crippen LogP contribution >= 0.6 is 0 Å². The molecule has 358 valence electrons. The zero-order valence-corrected chi connectivity index (χ0v) is 41.3. The van der Waals surface area contributed by atoms with E-state index in [4.69, 9.17) is 9.73 Å². The van der Waals surface area contributed by atoms with Gasteiger partial charge in [-0.15, -0.1) is 0 Å². The molecule has 2 spiro atoms. The van der Waals surface area contributed by atoms with Crippen LogP contribution in [0.15, 0.2) is 156 Å². The largest absolute Gasteiger partial charge is 0.506 e. The van der Waals surface area contributed by atoms with Gasteiger partial charge in [0.15, 0.2) is 11.3 Å². The molecular weight excluding hydrogens is 889 g/mol. The summed E-state index contributed by atoms with van der Waals surface area (Å²) < 4.78 is 6.45. The molecule has 0 aromatic heterocycles. The zero-order chi connectivity index (χ0) is 48.9. The van der Waals surface area contributed by atoms with Crippen molar-refractivity contribution < 1.29 is 14.6 Å². The second kappa shape index (κ2) is 17.0. The van der Waals surface area contributed by atoms with Crippen LogP contribution < -0.4 is 31.3 Å². The van der Waals surface area contributed by atoms with Crippen LogP contribution in [0.25, 0.3) is 54.9 Å². The number of fused-ring (bicyclic) bond motifs is 10. The van der Waals surface area contributed by atoms with Gasteiger partial charge in [0.1, 0.15) is 18.1 Å². The Bertz CT molecular complexity index is 3760. The fourth-order valence-electron chi connectivity index (χ4n) is 12.5. The third-order valence-corrected chi connectivity index (χ3v) is 16.3. The summed E-state index contributed by atoms with van der Waals surface area (Å²) >= 11 is 0. The number of aliphatic hydroxyl groups excluding tert-OH is 1. The maximum Gasteiger partial charge on any atom is 0.201 e. The number of likely N-dealkylation sites (N-methyl/N-ethyl adjacent to an activating group) is 1. The van der Waals surface area contributed by atoms with Crippen molar-refractivity contribution in [1.29, 1.82) is 0 Å². The van der Waals surface area contributed by atoms with Crippen LogP contribution in [0.5, 0.6) is 5.75 Å². The minimum Gasteiger partial charge on any atom is -0.506 e. The summed E-state index contributed by atoms with van der Waals surface area (Å²) in [5.74, 6) is 0.547. The molecule has 2 heterocycles. The van der Waals surface area contributed by atoms with Crippen molar-refractivity contribution in [3.05, 3.63) is 195 Å². The van der Waals surface area contributed by atoms with Crippen LogP contribution in [0.3, 0.4) is 0 Å². The number of carbonyl (C=O) groups is 1. The minimum atomic E-state index is -0.956. The fourth-order valence-corrected chi connectivity index (χ4v) is 12.5. The molecule has 0 saturated heterocycles. The van der Waals surface area contributed by atoms with Gasteiger partial charge in [-0.2, -0.15) is 0 Å². The lowest BCUT2D eigenvalue weighted by Crippen LogP contribution is -2.45. The number of nitrogens with zero attached hydrogens (tertiary/aromatic N) is 3. The number of ether oxygens (including phenoxy) is 1. The van der Waals surface area contributed by atoms with E-state index in [1.165, 1.54) is 5.56 Å². The Balaban J connectivity index is 0.962. The zero-order valence-electron chi connectivity index (χ0n) is 41.3. The van der Waals surface area contributed by atoms with Crippen LogP contribution in [0.2, 0.25) is 0 Å². The van der Waals surface area contributed by atoms with Crippen LogP contribution in [-0.4, -0.2) is 66.6 Å². The average Bonchev–Trinajstić information content (AvgIpc) is 3.82. The van der Waals surface area contributed by atoms with E-state index in [2.05, 4.69) is 175 Å². The van der Waals surface area contributed by atoms with Crippen molar-refractivity contribution in [2.75, 3.05) is 61.8 Å². The molecule has 5 aliphatic rings. The normalized spacial score (nSPS) is 19.2. The highest BCUT2D eigenvalue weighted by atomic mass is 16.5. The third-order valence-electron chi connectivity index (χ3n) is 16.3. The number of ketones is 1. The van der Waals surface area contributed by atoms with Gasteiger partial charge in [-0.3, -0.25) is 4.79 Å². The average molecular weight is 947 g/mol. The van der Waals surface area contributed by atoms with Crippen molar-refractivity contribution in [2.45, 2.75) is 51.9 Å². The van der Waals surface area contributed by atoms with E-state index >= 15 is 4.79 Å². The Morgan fingerprint density at radius 2 is 1.21 bits per heavy atom. The summed E-state index contributed by atoms with van der Waals surface area (Å²) in [7, 11) is 0. The number of aliphatic hydroxyl groups is 1.